The van der Waals surface area contributed by atoms with Crippen LogP contribution in [0.5, 0.6) is 17.2 Å². The minimum atomic E-state index is -0.379. The SMILES string of the molecule is N#CCc1ccccc1COc1ccc(Cl)cc1.N#CCc1ccccc1COc1cccc(Cl)c1.N#CCc1ccccc1COc1ccccc1F. The second kappa shape index (κ2) is 22.6. The molecule has 0 heterocycles. The highest BCUT2D eigenvalue weighted by Gasteiger charge is 2.06. The molecule has 0 aromatic heterocycles. The lowest BCUT2D eigenvalue weighted by molar-refractivity contribution is 0.289. The predicted octanol–water partition coefficient (Wildman–Crippen LogP) is 11.4. The molecule has 0 aliphatic carbocycles. The van der Waals surface area contributed by atoms with Crippen molar-refractivity contribution in [2.45, 2.75) is 39.1 Å². The van der Waals surface area contributed by atoms with Gasteiger partial charge in [-0.2, -0.15) is 15.8 Å². The molecule has 6 aromatic carbocycles. The third-order valence-electron chi connectivity index (χ3n) is 7.78. The summed E-state index contributed by atoms with van der Waals surface area (Å²) < 4.78 is 30.1. The number of nitriles is 3. The van der Waals surface area contributed by atoms with Gasteiger partial charge in [0.25, 0.3) is 0 Å². The van der Waals surface area contributed by atoms with Crippen molar-refractivity contribution in [3.05, 3.63) is 195 Å². The zero-order chi connectivity index (χ0) is 38.4. The number of benzene rings is 6. The van der Waals surface area contributed by atoms with E-state index >= 15 is 0 Å². The topological polar surface area (TPSA) is 99.1 Å². The summed E-state index contributed by atoms with van der Waals surface area (Å²) in [4.78, 5) is 0. The van der Waals surface area contributed by atoms with Gasteiger partial charge in [0.2, 0.25) is 0 Å². The first-order chi connectivity index (χ1) is 26.4. The van der Waals surface area contributed by atoms with Gasteiger partial charge in [-0.15, -0.1) is 0 Å². The Morgan fingerprint density at radius 3 is 1.31 bits per heavy atom. The van der Waals surface area contributed by atoms with Gasteiger partial charge in [0.15, 0.2) is 11.6 Å². The molecule has 6 aromatic rings. The molecule has 0 amide bonds. The summed E-state index contributed by atoms with van der Waals surface area (Å²) in [5.74, 6) is 1.35. The molecular formula is C45H36Cl2FN3O3. The smallest absolute Gasteiger partial charge is 0.165 e. The highest BCUT2D eigenvalue weighted by molar-refractivity contribution is 6.30. The third kappa shape index (κ3) is 13.7. The Morgan fingerprint density at radius 2 is 0.852 bits per heavy atom. The Bertz CT molecular complexity index is 2210. The Kier molecular flexibility index (Phi) is 16.9. The van der Waals surface area contributed by atoms with Gasteiger partial charge in [-0.1, -0.05) is 114 Å². The van der Waals surface area contributed by atoms with Crippen molar-refractivity contribution in [3.63, 3.8) is 0 Å². The monoisotopic (exact) mass is 755 g/mol. The molecule has 9 heteroatoms. The van der Waals surface area contributed by atoms with Crippen LogP contribution in [0.4, 0.5) is 4.39 Å². The standard InChI is InChI=1S/2C15H12ClNO.C15H12FNO/c16-14-6-3-7-15(10-14)18-11-13-5-2-1-4-12(13)8-9-17;16-14-5-7-15(8-6-14)18-11-13-4-2-1-3-12(13)9-10-17;16-14-7-3-4-8-15(14)18-11-13-6-2-1-5-12(13)9-10-17/h1-7,10H,8,11H2;2*1-8H,9,11H2. The molecule has 54 heavy (non-hydrogen) atoms. The van der Waals surface area contributed by atoms with Crippen molar-refractivity contribution in [2.75, 3.05) is 0 Å². The van der Waals surface area contributed by atoms with Crippen LogP contribution in [-0.2, 0) is 39.1 Å². The summed E-state index contributed by atoms with van der Waals surface area (Å²) in [6.07, 6.45) is 1.13. The van der Waals surface area contributed by atoms with Crippen LogP contribution >= 0.6 is 23.2 Å². The first-order valence-corrected chi connectivity index (χ1v) is 17.6. The fourth-order valence-corrected chi connectivity index (χ4v) is 5.30. The van der Waals surface area contributed by atoms with Crippen LogP contribution in [0.1, 0.15) is 33.4 Å². The largest absolute Gasteiger partial charge is 0.489 e. The van der Waals surface area contributed by atoms with Crippen LogP contribution in [0, 0.1) is 39.8 Å². The average Bonchev–Trinajstić information content (AvgIpc) is 3.19. The van der Waals surface area contributed by atoms with Crippen LogP contribution in [0.2, 0.25) is 10.0 Å². The van der Waals surface area contributed by atoms with E-state index in [2.05, 4.69) is 18.2 Å². The lowest BCUT2D eigenvalue weighted by atomic mass is 10.1. The molecule has 6 nitrogen and oxygen atoms in total. The van der Waals surface area contributed by atoms with Crippen LogP contribution < -0.4 is 14.2 Å². The quantitative estimate of drug-likeness (QED) is 0.123. The van der Waals surface area contributed by atoms with E-state index in [0.29, 0.717) is 42.5 Å². The molecule has 0 aliphatic heterocycles. The molecule has 0 saturated carbocycles. The third-order valence-corrected chi connectivity index (χ3v) is 8.27. The zero-order valence-corrected chi connectivity index (χ0v) is 30.8. The average molecular weight is 757 g/mol. The molecule has 0 N–H and O–H groups in total. The second-order valence-corrected chi connectivity index (χ2v) is 12.4. The first-order valence-electron chi connectivity index (χ1n) is 16.9. The van der Waals surface area contributed by atoms with Gasteiger partial charge in [-0.05, 0) is 88.0 Å². The highest BCUT2D eigenvalue weighted by Crippen LogP contribution is 2.21. The first kappa shape index (κ1) is 40.5. The maximum Gasteiger partial charge on any atom is 0.165 e. The maximum absolute atomic E-state index is 13.4. The highest BCUT2D eigenvalue weighted by atomic mass is 35.5. The molecule has 0 unspecified atom stereocenters. The molecule has 0 atom stereocenters. The van der Waals surface area contributed by atoms with E-state index in [0.717, 1.165) is 44.9 Å². The summed E-state index contributed by atoms with van der Waals surface area (Å²) in [6.45, 7) is 1.16. The number of para-hydroxylation sites is 1. The zero-order valence-electron chi connectivity index (χ0n) is 29.3. The summed E-state index contributed by atoms with van der Waals surface area (Å²) >= 11 is 11.7. The van der Waals surface area contributed by atoms with Gasteiger partial charge >= 0.3 is 0 Å². The maximum atomic E-state index is 13.4. The van der Waals surface area contributed by atoms with Gasteiger partial charge < -0.3 is 14.2 Å². The van der Waals surface area contributed by atoms with Gasteiger partial charge in [-0.25, -0.2) is 4.39 Å². The van der Waals surface area contributed by atoms with Gasteiger partial charge in [0, 0.05) is 10.0 Å². The van der Waals surface area contributed by atoms with Gasteiger partial charge in [-0.3, -0.25) is 0 Å². The molecule has 270 valence electrons. The van der Waals surface area contributed by atoms with Crippen molar-refractivity contribution >= 4 is 23.2 Å². The summed E-state index contributed by atoms with van der Waals surface area (Å²) in [7, 11) is 0. The minimum Gasteiger partial charge on any atom is -0.489 e. The molecule has 0 spiro atoms. The summed E-state index contributed by atoms with van der Waals surface area (Å²) in [5.41, 5.74) is 5.89. The Hall–Kier alpha value is -6.30. The van der Waals surface area contributed by atoms with Crippen LogP contribution in [0.15, 0.2) is 146 Å². The Labute approximate surface area is 325 Å². The van der Waals surface area contributed by atoms with Crippen molar-refractivity contribution in [3.8, 4) is 35.5 Å². The van der Waals surface area contributed by atoms with E-state index in [1.807, 2.05) is 97.1 Å². The Morgan fingerprint density at radius 1 is 0.426 bits per heavy atom. The van der Waals surface area contributed by atoms with Crippen molar-refractivity contribution in [1.82, 2.24) is 0 Å². The number of halogens is 3. The fourth-order valence-electron chi connectivity index (χ4n) is 4.99. The molecular weight excluding hydrogens is 720 g/mol. The van der Waals surface area contributed by atoms with Gasteiger partial charge in [0.05, 0.1) is 37.5 Å². The van der Waals surface area contributed by atoms with Crippen LogP contribution in [0.25, 0.3) is 0 Å². The van der Waals surface area contributed by atoms with E-state index in [4.69, 9.17) is 53.2 Å². The van der Waals surface area contributed by atoms with Gasteiger partial charge in [0.1, 0.15) is 31.3 Å². The molecule has 0 fully saturated rings. The number of hydrogen-bond acceptors (Lipinski definition) is 6. The van der Waals surface area contributed by atoms with Crippen molar-refractivity contribution in [1.29, 1.82) is 15.8 Å². The number of ether oxygens (including phenoxy) is 3. The molecule has 0 aliphatic rings. The van der Waals surface area contributed by atoms with Crippen LogP contribution in [-0.4, -0.2) is 0 Å². The molecule has 6 rings (SSSR count). The van der Waals surface area contributed by atoms with E-state index < -0.39 is 0 Å². The predicted molar refractivity (Wildman–Crippen MR) is 210 cm³/mol. The normalized spacial score (nSPS) is 9.78. The summed E-state index contributed by atoms with van der Waals surface area (Å²) in [5, 5.41) is 27.6. The summed E-state index contributed by atoms with van der Waals surface area (Å²) in [6, 6.07) is 50.3. The fraction of sp³-hybridized carbons (Fsp3) is 0.133. The number of hydrogen-bond donors (Lipinski definition) is 0. The molecule has 0 bridgehead atoms. The molecule has 0 saturated heterocycles. The lowest BCUT2D eigenvalue weighted by Gasteiger charge is -2.09. The van der Waals surface area contributed by atoms with E-state index in [1.54, 1.807) is 42.5 Å². The molecule has 0 radical (unpaired) electrons. The second-order valence-electron chi connectivity index (χ2n) is 11.5. The number of rotatable bonds is 12. The minimum absolute atomic E-state index is 0.226. The Balaban J connectivity index is 0.000000180. The van der Waals surface area contributed by atoms with E-state index in [9.17, 15) is 4.39 Å². The van der Waals surface area contributed by atoms with Crippen LogP contribution in [0.3, 0.4) is 0 Å². The lowest BCUT2D eigenvalue weighted by Crippen LogP contribution is -2.00. The van der Waals surface area contributed by atoms with Crippen molar-refractivity contribution < 1.29 is 18.6 Å². The van der Waals surface area contributed by atoms with E-state index in [1.165, 1.54) is 6.07 Å². The van der Waals surface area contributed by atoms with Crippen molar-refractivity contribution in [2.24, 2.45) is 0 Å². The van der Waals surface area contributed by atoms with E-state index in [-0.39, 0.29) is 18.2 Å². The number of nitrogens with zero attached hydrogens (tertiary/aromatic N) is 3.